The molecule has 0 unspecified atom stereocenters. The van der Waals surface area contributed by atoms with E-state index >= 15 is 0 Å². The van der Waals surface area contributed by atoms with Crippen LogP contribution in [0.5, 0.6) is 0 Å². The van der Waals surface area contributed by atoms with Crippen LogP contribution in [0, 0.1) is 5.41 Å². The Kier molecular flexibility index (Phi) is 4.03. The molecule has 1 heterocycles. The van der Waals surface area contributed by atoms with Crippen molar-refractivity contribution in [1.29, 1.82) is 0 Å². The molecule has 17 heavy (non-hydrogen) atoms. The zero-order valence-electron chi connectivity index (χ0n) is 9.88. The summed E-state index contributed by atoms with van der Waals surface area (Å²) in [7, 11) is 1.23. The van der Waals surface area contributed by atoms with Gasteiger partial charge in [0.2, 0.25) is 5.91 Å². The molecule has 1 rings (SSSR count). The second kappa shape index (κ2) is 4.81. The van der Waals surface area contributed by atoms with Gasteiger partial charge in [-0.05, 0) is 13.3 Å². The van der Waals surface area contributed by atoms with E-state index in [-0.39, 0.29) is 19.5 Å². The van der Waals surface area contributed by atoms with E-state index < -0.39 is 30.1 Å². The molecule has 7 heteroatoms. The number of amides is 1. The Morgan fingerprint density at radius 1 is 1.59 bits per heavy atom. The van der Waals surface area contributed by atoms with Crippen molar-refractivity contribution in [2.45, 2.75) is 25.6 Å². The third-order valence-corrected chi connectivity index (χ3v) is 3.08. The van der Waals surface area contributed by atoms with Gasteiger partial charge in [0.25, 0.3) is 0 Å². The first-order valence-corrected chi connectivity index (χ1v) is 5.33. The molecule has 0 spiro atoms. The monoisotopic (exact) mass is 254 g/mol. The van der Waals surface area contributed by atoms with E-state index in [4.69, 9.17) is 5.73 Å². The van der Waals surface area contributed by atoms with Crippen molar-refractivity contribution in [2.75, 3.05) is 26.8 Å². The van der Waals surface area contributed by atoms with Crippen molar-refractivity contribution in [3.8, 4) is 0 Å². The number of hydrogen-bond acceptors (Lipinski definition) is 3. The molecule has 1 aliphatic rings. The lowest BCUT2D eigenvalue weighted by Crippen LogP contribution is -2.47. The van der Waals surface area contributed by atoms with Gasteiger partial charge in [0.05, 0.1) is 12.6 Å². The van der Waals surface area contributed by atoms with Crippen LogP contribution in [0.1, 0.15) is 13.3 Å². The molecule has 1 saturated heterocycles. The van der Waals surface area contributed by atoms with E-state index in [0.717, 1.165) is 4.90 Å². The van der Waals surface area contributed by atoms with Gasteiger partial charge in [0, 0.05) is 20.2 Å². The SMILES string of the molecule is COC[C@]1(C(F)(F)F)CCN(C(=O)[C@@H](C)N)C1. The number of nitrogens with two attached hydrogens (primary N) is 1. The molecule has 4 nitrogen and oxygen atoms in total. The average Bonchev–Trinajstić information content (AvgIpc) is 2.62. The van der Waals surface area contributed by atoms with Crippen molar-refractivity contribution in [3.05, 3.63) is 0 Å². The van der Waals surface area contributed by atoms with Crippen molar-refractivity contribution in [2.24, 2.45) is 11.1 Å². The number of halogens is 3. The van der Waals surface area contributed by atoms with Crippen LogP contribution in [-0.4, -0.2) is 49.8 Å². The predicted molar refractivity (Wildman–Crippen MR) is 55.2 cm³/mol. The highest BCUT2D eigenvalue weighted by Gasteiger charge is 2.58. The summed E-state index contributed by atoms with van der Waals surface area (Å²) < 4.78 is 43.6. The molecule has 2 N–H and O–H groups in total. The van der Waals surface area contributed by atoms with Crippen LogP contribution in [0.15, 0.2) is 0 Å². The molecular formula is C10H17F3N2O2. The van der Waals surface area contributed by atoms with Gasteiger partial charge in [-0.3, -0.25) is 4.79 Å². The Morgan fingerprint density at radius 2 is 2.18 bits per heavy atom. The first-order valence-electron chi connectivity index (χ1n) is 5.33. The smallest absolute Gasteiger partial charge is 0.384 e. The minimum atomic E-state index is -4.38. The first-order chi connectivity index (χ1) is 7.73. The molecule has 0 bridgehead atoms. The summed E-state index contributed by atoms with van der Waals surface area (Å²) in [5, 5.41) is 0. The molecule has 1 aliphatic heterocycles. The van der Waals surface area contributed by atoms with Gasteiger partial charge in [-0.2, -0.15) is 13.2 Å². The first kappa shape index (κ1) is 14.2. The Morgan fingerprint density at radius 3 is 2.59 bits per heavy atom. The topological polar surface area (TPSA) is 55.6 Å². The number of likely N-dealkylation sites (tertiary alicyclic amines) is 1. The molecule has 100 valence electrons. The average molecular weight is 254 g/mol. The number of nitrogens with zero attached hydrogens (tertiary/aromatic N) is 1. The largest absolute Gasteiger partial charge is 0.398 e. The standard InChI is InChI=1S/C10H17F3N2O2/c1-7(14)8(16)15-4-3-9(5-15,6-17-2)10(11,12)13/h7H,3-6,14H2,1-2H3/t7-,9+/m1/s1. The van der Waals surface area contributed by atoms with E-state index in [9.17, 15) is 18.0 Å². The van der Waals surface area contributed by atoms with Gasteiger partial charge in [-0.1, -0.05) is 0 Å². The fourth-order valence-electron chi connectivity index (χ4n) is 2.06. The van der Waals surface area contributed by atoms with Gasteiger partial charge >= 0.3 is 6.18 Å². The van der Waals surface area contributed by atoms with E-state index in [0.29, 0.717) is 0 Å². The summed E-state index contributed by atoms with van der Waals surface area (Å²) in [5.74, 6) is -0.452. The number of methoxy groups -OCH3 is 1. The number of carbonyl (C=O) groups is 1. The summed E-state index contributed by atoms with van der Waals surface area (Å²) >= 11 is 0. The van der Waals surface area contributed by atoms with Gasteiger partial charge in [0.15, 0.2) is 0 Å². The maximum atomic E-state index is 13.0. The normalized spacial score (nSPS) is 27.3. The van der Waals surface area contributed by atoms with Crippen LogP contribution in [0.25, 0.3) is 0 Å². The third kappa shape index (κ3) is 2.71. The van der Waals surface area contributed by atoms with Crippen LogP contribution in [-0.2, 0) is 9.53 Å². The minimum Gasteiger partial charge on any atom is -0.384 e. The minimum absolute atomic E-state index is 0.0727. The Hall–Kier alpha value is -0.820. The lowest BCUT2D eigenvalue weighted by Gasteiger charge is -2.31. The predicted octanol–water partition coefficient (Wildman–Crippen LogP) is 0.761. The highest BCUT2D eigenvalue weighted by molar-refractivity contribution is 5.81. The van der Waals surface area contributed by atoms with Gasteiger partial charge < -0.3 is 15.4 Å². The van der Waals surface area contributed by atoms with Gasteiger partial charge in [-0.25, -0.2) is 0 Å². The Labute approximate surface area is 97.9 Å². The van der Waals surface area contributed by atoms with Crippen LogP contribution in [0.3, 0.4) is 0 Å². The quantitative estimate of drug-likeness (QED) is 0.809. The molecule has 0 saturated carbocycles. The number of rotatable bonds is 3. The van der Waals surface area contributed by atoms with Crippen molar-refractivity contribution in [3.63, 3.8) is 0 Å². The lowest BCUT2D eigenvalue weighted by molar-refractivity contribution is -0.232. The maximum Gasteiger partial charge on any atom is 0.398 e. The number of ether oxygens (including phenoxy) is 1. The summed E-state index contributed by atoms with van der Waals surface area (Å²) in [6.45, 7) is 0.736. The molecule has 0 radical (unpaired) electrons. The van der Waals surface area contributed by atoms with Gasteiger partial charge in [-0.15, -0.1) is 0 Å². The van der Waals surface area contributed by atoms with Crippen molar-refractivity contribution >= 4 is 5.91 Å². The zero-order valence-corrected chi connectivity index (χ0v) is 9.88. The molecule has 0 aromatic rings. The van der Waals surface area contributed by atoms with E-state index in [1.807, 2.05) is 0 Å². The second-order valence-corrected chi connectivity index (χ2v) is 4.51. The number of alkyl halides is 3. The highest BCUT2D eigenvalue weighted by Crippen LogP contribution is 2.45. The summed E-state index contributed by atoms with van der Waals surface area (Å²) in [5.41, 5.74) is 3.43. The lowest BCUT2D eigenvalue weighted by atomic mass is 9.87. The summed E-state index contributed by atoms with van der Waals surface area (Å²) in [6.07, 6.45) is -4.52. The van der Waals surface area contributed by atoms with Crippen molar-refractivity contribution < 1.29 is 22.7 Å². The van der Waals surface area contributed by atoms with Crippen LogP contribution in [0.4, 0.5) is 13.2 Å². The fraction of sp³-hybridized carbons (Fsp3) is 0.900. The molecule has 0 aliphatic carbocycles. The van der Waals surface area contributed by atoms with E-state index in [2.05, 4.69) is 4.74 Å². The molecule has 2 atom stereocenters. The molecule has 1 fully saturated rings. The molecular weight excluding hydrogens is 237 g/mol. The fourth-order valence-corrected chi connectivity index (χ4v) is 2.06. The Balaban J connectivity index is 2.83. The van der Waals surface area contributed by atoms with Crippen LogP contribution < -0.4 is 5.73 Å². The molecule has 1 amide bonds. The highest BCUT2D eigenvalue weighted by atomic mass is 19.4. The van der Waals surface area contributed by atoms with E-state index in [1.165, 1.54) is 14.0 Å². The van der Waals surface area contributed by atoms with Gasteiger partial charge in [0.1, 0.15) is 5.41 Å². The maximum absolute atomic E-state index is 13.0. The summed E-state index contributed by atoms with van der Waals surface area (Å²) in [6, 6.07) is -0.776. The third-order valence-electron chi connectivity index (χ3n) is 3.08. The van der Waals surface area contributed by atoms with Crippen molar-refractivity contribution in [1.82, 2.24) is 4.90 Å². The van der Waals surface area contributed by atoms with Crippen LogP contribution >= 0.6 is 0 Å². The zero-order chi connectivity index (χ0) is 13.3. The number of hydrogen-bond donors (Lipinski definition) is 1. The number of carbonyl (C=O) groups excluding carboxylic acids is 1. The molecule has 0 aromatic carbocycles. The van der Waals surface area contributed by atoms with Crippen LogP contribution in [0.2, 0.25) is 0 Å². The Bertz CT molecular complexity index is 294. The molecule has 0 aromatic heterocycles. The second-order valence-electron chi connectivity index (χ2n) is 4.51. The summed E-state index contributed by atoms with van der Waals surface area (Å²) in [4.78, 5) is 12.7. The van der Waals surface area contributed by atoms with E-state index in [1.54, 1.807) is 0 Å².